The fourth-order valence-corrected chi connectivity index (χ4v) is 2.90. The third-order valence-corrected chi connectivity index (χ3v) is 4.24. The molecule has 0 saturated carbocycles. The number of amides is 1. The number of carbonyl (C=O) groups excluding carboxylic acids is 1. The predicted molar refractivity (Wildman–Crippen MR) is 93.7 cm³/mol. The monoisotopic (exact) mass is 342 g/mol. The minimum atomic E-state index is 0. The maximum Gasteiger partial charge on any atom is 0.224 e. The standard InChI is InChI=1S/C17H26N2O3.ClH/c1-12(14-5-4-8-18-11-14)19-17(20)10-13-6-7-15(21-2)16(9-13)22-3;/h6-7,9,12,14,18H,4-5,8,10-11H2,1-3H3,(H,19,20);1H. The van der Waals surface area contributed by atoms with Gasteiger partial charge in [0.05, 0.1) is 20.6 Å². The van der Waals surface area contributed by atoms with Gasteiger partial charge in [0.2, 0.25) is 5.91 Å². The van der Waals surface area contributed by atoms with Crippen molar-refractivity contribution in [2.24, 2.45) is 5.92 Å². The molecule has 1 aromatic rings. The second-order valence-electron chi connectivity index (χ2n) is 5.83. The Hall–Kier alpha value is -1.46. The van der Waals surface area contributed by atoms with E-state index in [2.05, 4.69) is 17.6 Å². The molecule has 1 aromatic carbocycles. The Balaban J connectivity index is 0.00000264. The molecule has 0 radical (unpaired) electrons. The van der Waals surface area contributed by atoms with Crippen LogP contribution in [0.3, 0.4) is 0 Å². The van der Waals surface area contributed by atoms with Crippen molar-refractivity contribution in [1.29, 1.82) is 0 Å². The summed E-state index contributed by atoms with van der Waals surface area (Å²) >= 11 is 0. The van der Waals surface area contributed by atoms with E-state index in [1.54, 1.807) is 14.2 Å². The molecule has 1 aliphatic rings. The number of rotatable bonds is 6. The molecule has 5 nitrogen and oxygen atoms in total. The van der Waals surface area contributed by atoms with Crippen molar-refractivity contribution in [1.82, 2.24) is 10.6 Å². The van der Waals surface area contributed by atoms with E-state index in [0.29, 0.717) is 23.8 Å². The topological polar surface area (TPSA) is 59.6 Å². The number of hydrogen-bond donors (Lipinski definition) is 2. The number of hydrogen-bond acceptors (Lipinski definition) is 4. The van der Waals surface area contributed by atoms with Gasteiger partial charge in [-0.1, -0.05) is 6.07 Å². The van der Waals surface area contributed by atoms with Gasteiger partial charge in [0.25, 0.3) is 0 Å². The molecule has 1 fully saturated rings. The Kier molecular flexibility index (Phi) is 8.20. The minimum absolute atomic E-state index is 0. The van der Waals surface area contributed by atoms with Gasteiger partial charge in [-0.15, -0.1) is 12.4 Å². The first-order chi connectivity index (χ1) is 10.6. The zero-order valence-corrected chi connectivity index (χ0v) is 14.9. The van der Waals surface area contributed by atoms with Gasteiger partial charge in [-0.2, -0.15) is 0 Å². The molecule has 0 spiro atoms. The maximum atomic E-state index is 12.2. The highest BCUT2D eigenvalue weighted by molar-refractivity contribution is 5.85. The average molecular weight is 343 g/mol. The minimum Gasteiger partial charge on any atom is -0.493 e. The van der Waals surface area contributed by atoms with Crippen LogP contribution in [0.25, 0.3) is 0 Å². The van der Waals surface area contributed by atoms with Crippen LogP contribution in [-0.2, 0) is 11.2 Å². The highest BCUT2D eigenvalue weighted by Crippen LogP contribution is 2.27. The lowest BCUT2D eigenvalue weighted by atomic mass is 9.92. The summed E-state index contributed by atoms with van der Waals surface area (Å²) in [5, 5.41) is 6.50. The van der Waals surface area contributed by atoms with Gasteiger partial charge in [0.1, 0.15) is 0 Å². The molecule has 130 valence electrons. The molecule has 0 bridgehead atoms. The van der Waals surface area contributed by atoms with Gasteiger partial charge in [-0.3, -0.25) is 4.79 Å². The van der Waals surface area contributed by atoms with E-state index >= 15 is 0 Å². The van der Waals surface area contributed by atoms with E-state index in [1.807, 2.05) is 18.2 Å². The van der Waals surface area contributed by atoms with Crippen molar-refractivity contribution < 1.29 is 14.3 Å². The van der Waals surface area contributed by atoms with Gasteiger partial charge in [0.15, 0.2) is 11.5 Å². The first kappa shape index (κ1) is 19.6. The molecule has 1 aliphatic heterocycles. The van der Waals surface area contributed by atoms with Crippen LogP contribution in [0.4, 0.5) is 0 Å². The zero-order valence-electron chi connectivity index (χ0n) is 14.1. The van der Waals surface area contributed by atoms with Crippen LogP contribution in [0.5, 0.6) is 11.5 Å². The Bertz CT molecular complexity index is 505. The van der Waals surface area contributed by atoms with Gasteiger partial charge >= 0.3 is 0 Å². The summed E-state index contributed by atoms with van der Waals surface area (Å²) in [4.78, 5) is 12.2. The van der Waals surface area contributed by atoms with E-state index in [0.717, 1.165) is 18.7 Å². The maximum absolute atomic E-state index is 12.2. The lowest BCUT2D eigenvalue weighted by Crippen LogP contribution is -2.45. The van der Waals surface area contributed by atoms with Crippen LogP contribution < -0.4 is 20.1 Å². The number of piperidine rings is 1. The summed E-state index contributed by atoms with van der Waals surface area (Å²) in [5.41, 5.74) is 0.920. The first-order valence-corrected chi connectivity index (χ1v) is 7.85. The summed E-state index contributed by atoms with van der Waals surface area (Å²) in [6.45, 7) is 4.16. The van der Waals surface area contributed by atoms with Crippen molar-refractivity contribution in [3.8, 4) is 11.5 Å². The zero-order chi connectivity index (χ0) is 15.9. The molecule has 1 heterocycles. The molecule has 2 atom stereocenters. The Morgan fingerprint density at radius 1 is 1.35 bits per heavy atom. The summed E-state index contributed by atoms with van der Waals surface area (Å²) < 4.78 is 10.5. The van der Waals surface area contributed by atoms with Crippen LogP contribution in [0.2, 0.25) is 0 Å². The predicted octanol–water partition coefficient (Wildman–Crippen LogP) is 2.17. The molecule has 2 rings (SSSR count). The molecule has 6 heteroatoms. The van der Waals surface area contributed by atoms with E-state index in [9.17, 15) is 4.79 Å². The Labute approximate surface area is 144 Å². The first-order valence-electron chi connectivity index (χ1n) is 7.85. The lowest BCUT2D eigenvalue weighted by Gasteiger charge is -2.29. The molecular weight excluding hydrogens is 316 g/mol. The highest BCUT2D eigenvalue weighted by atomic mass is 35.5. The molecule has 2 unspecified atom stereocenters. The van der Waals surface area contributed by atoms with Gasteiger partial charge in [-0.25, -0.2) is 0 Å². The van der Waals surface area contributed by atoms with Crippen molar-refractivity contribution in [2.45, 2.75) is 32.2 Å². The van der Waals surface area contributed by atoms with E-state index in [4.69, 9.17) is 9.47 Å². The van der Waals surface area contributed by atoms with Crippen LogP contribution in [0.15, 0.2) is 18.2 Å². The molecule has 23 heavy (non-hydrogen) atoms. The third-order valence-electron chi connectivity index (χ3n) is 4.24. The summed E-state index contributed by atoms with van der Waals surface area (Å²) in [6.07, 6.45) is 2.70. The highest BCUT2D eigenvalue weighted by Gasteiger charge is 2.21. The number of benzene rings is 1. The van der Waals surface area contributed by atoms with Crippen LogP contribution >= 0.6 is 12.4 Å². The second-order valence-corrected chi connectivity index (χ2v) is 5.83. The van der Waals surface area contributed by atoms with E-state index in [-0.39, 0.29) is 24.4 Å². The Morgan fingerprint density at radius 2 is 2.09 bits per heavy atom. The molecule has 0 aromatic heterocycles. The molecule has 1 saturated heterocycles. The molecule has 0 aliphatic carbocycles. The molecular formula is C17H27ClN2O3. The Morgan fingerprint density at radius 3 is 2.70 bits per heavy atom. The smallest absolute Gasteiger partial charge is 0.224 e. The van der Waals surface area contributed by atoms with Crippen LogP contribution in [0, 0.1) is 5.92 Å². The normalized spacial score (nSPS) is 18.5. The van der Waals surface area contributed by atoms with Crippen molar-refractivity contribution in [2.75, 3.05) is 27.3 Å². The summed E-state index contributed by atoms with van der Waals surface area (Å²) in [7, 11) is 3.20. The van der Waals surface area contributed by atoms with Crippen molar-refractivity contribution >= 4 is 18.3 Å². The largest absolute Gasteiger partial charge is 0.493 e. The number of carbonyl (C=O) groups is 1. The van der Waals surface area contributed by atoms with E-state index in [1.165, 1.54) is 12.8 Å². The van der Waals surface area contributed by atoms with Crippen molar-refractivity contribution in [3.05, 3.63) is 23.8 Å². The molecule has 1 amide bonds. The van der Waals surface area contributed by atoms with Gasteiger partial charge in [-0.05, 0) is 56.5 Å². The van der Waals surface area contributed by atoms with E-state index < -0.39 is 0 Å². The number of methoxy groups -OCH3 is 2. The summed E-state index contributed by atoms with van der Waals surface area (Å²) in [5.74, 6) is 1.89. The summed E-state index contributed by atoms with van der Waals surface area (Å²) in [6, 6.07) is 5.77. The third kappa shape index (κ3) is 5.59. The van der Waals surface area contributed by atoms with Gasteiger partial charge in [0, 0.05) is 6.04 Å². The van der Waals surface area contributed by atoms with Gasteiger partial charge < -0.3 is 20.1 Å². The number of nitrogens with one attached hydrogen (secondary N) is 2. The number of ether oxygens (including phenoxy) is 2. The van der Waals surface area contributed by atoms with Crippen LogP contribution in [-0.4, -0.2) is 39.3 Å². The number of halogens is 1. The lowest BCUT2D eigenvalue weighted by molar-refractivity contribution is -0.121. The SMILES string of the molecule is COc1ccc(CC(=O)NC(C)C2CCCNC2)cc1OC.Cl. The second kappa shape index (κ2) is 9.63. The fraction of sp³-hybridized carbons (Fsp3) is 0.588. The molecule has 2 N–H and O–H groups in total. The fourth-order valence-electron chi connectivity index (χ4n) is 2.90. The van der Waals surface area contributed by atoms with Crippen molar-refractivity contribution in [3.63, 3.8) is 0 Å². The quantitative estimate of drug-likeness (QED) is 0.832. The van der Waals surface area contributed by atoms with Crippen LogP contribution in [0.1, 0.15) is 25.3 Å². The average Bonchev–Trinajstić information content (AvgIpc) is 2.55.